The summed E-state index contributed by atoms with van der Waals surface area (Å²) in [6, 6.07) is 10.6. The van der Waals surface area contributed by atoms with Crippen LogP contribution in [0.5, 0.6) is 5.75 Å². The van der Waals surface area contributed by atoms with Gasteiger partial charge in [-0.05, 0) is 42.8 Å². The van der Waals surface area contributed by atoms with Crippen LogP contribution in [0, 0.1) is 0 Å². The molecule has 2 unspecified atom stereocenters. The van der Waals surface area contributed by atoms with Crippen molar-refractivity contribution in [3.63, 3.8) is 0 Å². The van der Waals surface area contributed by atoms with E-state index in [1.54, 1.807) is 13.2 Å². The van der Waals surface area contributed by atoms with Gasteiger partial charge in [0, 0.05) is 18.5 Å². The first-order valence-electron chi connectivity index (χ1n) is 7.50. The molecule has 132 valence electrons. The van der Waals surface area contributed by atoms with E-state index in [4.69, 9.17) is 9.15 Å². The minimum absolute atomic E-state index is 0. The van der Waals surface area contributed by atoms with Crippen LogP contribution in [-0.4, -0.2) is 34.7 Å². The molecule has 2 aromatic rings. The average molecular weight is 373 g/mol. The normalized spacial score (nSPS) is 21.0. The van der Waals surface area contributed by atoms with E-state index in [0.29, 0.717) is 6.54 Å². The van der Waals surface area contributed by atoms with Crippen LogP contribution < -0.4 is 14.8 Å². The fourth-order valence-corrected chi connectivity index (χ4v) is 4.11. The average Bonchev–Trinajstić information content (AvgIpc) is 3.11. The lowest BCUT2D eigenvalue weighted by atomic mass is 9.86. The number of halogens is 1. The largest absolute Gasteiger partial charge is 0.497 e. The molecule has 6 nitrogen and oxygen atoms in total. The third-order valence-corrected chi connectivity index (χ3v) is 5.47. The summed E-state index contributed by atoms with van der Waals surface area (Å²) in [7, 11) is -2.03. The zero-order valence-corrected chi connectivity index (χ0v) is 14.9. The number of hydrogen-bond donors (Lipinski definition) is 2. The quantitative estimate of drug-likeness (QED) is 0.840. The number of nitrogens with one attached hydrogen (secondary N) is 2. The van der Waals surface area contributed by atoms with Crippen LogP contribution in [0.4, 0.5) is 0 Å². The molecule has 0 saturated carbocycles. The van der Waals surface area contributed by atoms with E-state index in [9.17, 15) is 8.42 Å². The van der Waals surface area contributed by atoms with Crippen molar-refractivity contribution in [2.24, 2.45) is 0 Å². The van der Waals surface area contributed by atoms with Crippen LogP contribution in [0.1, 0.15) is 17.9 Å². The molecule has 2 heterocycles. The zero-order valence-electron chi connectivity index (χ0n) is 13.3. The topological polar surface area (TPSA) is 80.6 Å². The Bertz CT molecular complexity index is 732. The maximum Gasteiger partial charge on any atom is 0.274 e. The molecule has 1 aliphatic heterocycles. The molecular weight excluding hydrogens is 352 g/mol. The van der Waals surface area contributed by atoms with Gasteiger partial charge in [-0.15, -0.1) is 12.4 Å². The first kappa shape index (κ1) is 18.8. The highest BCUT2D eigenvalue weighted by molar-refractivity contribution is 7.89. The smallest absolute Gasteiger partial charge is 0.274 e. The SMILES string of the molecule is COc1ccc(C2CCNCC2NS(=O)(=O)c2ccco2)cc1.Cl. The van der Waals surface area contributed by atoms with Gasteiger partial charge >= 0.3 is 0 Å². The summed E-state index contributed by atoms with van der Waals surface area (Å²) in [4.78, 5) is 0. The summed E-state index contributed by atoms with van der Waals surface area (Å²) in [6.45, 7) is 1.44. The van der Waals surface area contributed by atoms with Crippen molar-refractivity contribution in [3.8, 4) is 5.75 Å². The summed E-state index contributed by atoms with van der Waals surface area (Å²) in [5.74, 6) is 0.891. The van der Waals surface area contributed by atoms with Crippen molar-refractivity contribution < 1.29 is 17.6 Å². The zero-order chi connectivity index (χ0) is 16.3. The van der Waals surface area contributed by atoms with Gasteiger partial charge in [0.25, 0.3) is 10.0 Å². The van der Waals surface area contributed by atoms with E-state index >= 15 is 0 Å². The van der Waals surface area contributed by atoms with Gasteiger partial charge in [0.2, 0.25) is 5.09 Å². The highest BCUT2D eigenvalue weighted by atomic mass is 35.5. The number of methoxy groups -OCH3 is 1. The molecule has 1 aliphatic rings. The number of benzene rings is 1. The van der Waals surface area contributed by atoms with Crippen LogP contribution in [0.3, 0.4) is 0 Å². The number of hydrogen-bond acceptors (Lipinski definition) is 5. The summed E-state index contributed by atoms with van der Waals surface area (Å²) in [5, 5.41) is 3.18. The molecule has 3 rings (SSSR count). The van der Waals surface area contributed by atoms with Gasteiger partial charge in [-0.2, -0.15) is 0 Å². The number of furan rings is 1. The van der Waals surface area contributed by atoms with Crippen molar-refractivity contribution in [1.82, 2.24) is 10.0 Å². The fourth-order valence-electron chi connectivity index (χ4n) is 2.91. The van der Waals surface area contributed by atoms with E-state index < -0.39 is 10.0 Å². The lowest BCUT2D eigenvalue weighted by molar-refractivity contribution is 0.371. The van der Waals surface area contributed by atoms with Crippen molar-refractivity contribution in [1.29, 1.82) is 0 Å². The molecule has 0 radical (unpaired) electrons. The van der Waals surface area contributed by atoms with Gasteiger partial charge in [0.1, 0.15) is 5.75 Å². The lowest BCUT2D eigenvalue weighted by Gasteiger charge is -2.32. The highest BCUT2D eigenvalue weighted by Crippen LogP contribution is 2.28. The number of ether oxygens (including phenoxy) is 1. The minimum Gasteiger partial charge on any atom is -0.497 e. The maximum atomic E-state index is 12.4. The van der Waals surface area contributed by atoms with Gasteiger partial charge < -0.3 is 14.5 Å². The molecule has 2 N–H and O–H groups in total. The van der Waals surface area contributed by atoms with Gasteiger partial charge in [-0.25, -0.2) is 13.1 Å². The molecule has 24 heavy (non-hydrogen) atoms. The molecule has 0 bridgehead atoms. The van der Waals surface area contributed by atoms with Crippen LogP contribution >= 0.6 is 12.4 Å². The Hall–Kier alpha value is -1.54. The molecule has 0 amide bonds. The maximum absolute atomic E-state index is 12.4. The van der Waals surface area contributed by atoms with Crippen LogP contribution in [0.15, 0.2) is 52.2 Å². The number of rotatable bonds is 5. The second-order valence-corrected chi connectivity index (χ2v) is 7.18. The number of sulfonamides is 1. The Labute approximate surface area is 148 Å². The molecule has 1 fully saturated rings. The van der Waals surface area contributed by atoms with Gasteiger partial charge in [-0.1, -0.05) is 12.1 Å². The molecule has 0 spiro atoms. The van der Waals surface area contributed by atoms with Crippen molar-refractivity contribution in [3.05, 3.63) is 48.2 Å². The summed E-state index contributed by atoms with van der Waals surface area (Å²) in [5.41, 5.74) is 1.10. The Kier molecular flexibility index (Phi) is 6.28. The van der Waals surface area contributed by atoms with Gasteiger partial charge in [-0.3, -0.25) is 0 Å². The molecule has 2 atom stereocenters. The lowest BCUT2D eigenvalue weighted by Crippen LogP contribution is -2.49. The Morgan fingerprint density at radius 1 is 1.25 bits per heavy atom. The Balaban J connectivity index is 0.00000208. The third-order valence-electron chi connectivity index (χ3n) is 4.09. The fraction of sp³-hybridized carbons (Fsp3) is 0.375. The van der Waals surface area contributed by atoms with Gasteiger partial charge in [0.05, 0.1) is 13.4 Å². The van der Waals surface area contributed by atoms with Gasteiger partial charge in [0.15, 0.2) is 0 Å². The van der Waals surface area contributed by atoms with Crippen molar-refractivity contribution in [2.45, 2.75) is 23.5 Å². The summed E-state index contributed by atoms with van der Waals surface area (Å²) < 4.78 is 37.7. The standard InChI is InChI=1S/C16H20N2O4S.ClH/c1-21-13-6-4-12(5-7-13)14-8-9-17-11-15(14)18-23(19,20)16-3-2-10-22-16;/h2-7,10,14-15,17-18H,8-9,11H2,1H3;1H. The van der Waals surface area contributed by atoms with Crippen molar-refractivity contribution in [2.75, 3.05) is 20.2 Å². The monoisotopic (exact) mass is 372 g/mol. The van der Waals surface area contributed by atoms with Crippen LogP contribution in [-0.2, 0) is 10.0 Å². The molecule has 1 aromatic heterocycles. The first-order chi connectivity index (χ1) is 11.1. The minimum atomic E-state index is -3.65. The third kappa shape index (κ3) is 4.10. The van der Waals surface area contributed by atoms with Crippen LogP contribution in [0.25, 0.3) is 0 Å². The molecule has 8 heteroatoms. The van der Waals surface area contributed by atoms with E-state index in [0.717, 1.165) is 24.3 Å². The summed E-state index contributed by atoms with van der Waals surface area (Å²) >= 11 is 0. The molecule has 1 aromatic carbocycles. The van der Waals surface area contributed by atoms with Crippen molar-refractivity contribution >= 4 is 22.4 Å². The predicted molar refractivity (Wildman–Crippen MR) is 93.3 cm³/mol. The highest BCUT2D eigenvalue weighted by Gasteiger charge is 2.31. The second-order valence-electron chi connectivity index (χ2n) is 5.53. The van der Waals surface area contributed by atoms with Crippen LogP contribution in [0.2, 0.25) is 0 Å². The first-order valence-corrected chi connectivity index (χ1v) is 8.99. The summed E-state index contributed by atoms with van der Waals surface area (Å²) in [6.07, 6.45) is 2.21. The van der Waals surface area contributed by atoms with E-state index in [1.165, 1.54) is 12.3 Å². The second kappa shape index (κ2) is 8.02. The van der Waals surface area contributed by atoms with E-state index in [2.05, 4.69) is 10.0 Å². The number of piperidine rings is 1. The van der Waals surface area contributed by atoms with E-state index in [1.807, 2.05) is 24.3 Å². The predicted octanol–water partition coefficient (Wildman–Crippen LogP) is 2.13. The van der Waals surface area contributed by atoms with E-state index in [-0.39, 0.29) is 29.5 Å². The molecular formula is C16H21ClN2O4S. The molecule has 0 aliphatic carbocycles. The Morgan fingerprint density at radius 2 is 2.00 bits per heavy atom. The molecule has 1 saturated heterocycles. The Morgan fingerprint density at radius 3 is 2.62 bits per heavy atom.